The van der Waals surface area contributed by atoms with Gasteiger partial charge in [0.15, 0.2) is 0 Å². The molecule has 0 aliphatic carbocycles. The number of hydrogen-bond donors (Lipinski definition) is 2. The van der Waals surface area contributed by atoms with Crippen LogP contribution in [0.25, 0.3) is 0 Å². The van der Waals surface area contributed by atoms with Gasteiger partial charge >= 0.3 is 0 Å². The van der Waals surface area contributed by atoms with E-state index in [0.29, 0.717) is 5.69 Å². The summed E-state index contributed by atoms with van der Waals surface area (Å²) in [6.07, 6.45) is 0. The Labute approximate surface area is 83.8 Å². The van der Waals surface area contributed by atoms with Gasteiger partial charge in [-0.25, -0.2) is 0 Å². The highest BCUT2D eigenvalue weighted by Crippen LogP contribution is 2.12. The molecule has 0 aliphatic rings. The minimum Gasteiger partial charge on any atom is -0.381 e. The zero-order valence-corrected chi connectivity index (χ0v) is 8.66. The average Bonchev–Trinajstić information content (AvgIpc) is 2.02. The molecule has 1 aromatic carbocycles. The molecule has 1 rings (SSSR count). The van der Waals surface area contributed by atoms with Gasteiger partial charge in [0.1, 0.15) is 5.60 Å². The van der Waals surface area contributed by atoms with Crippen LogP contribution in [0.2, 0.25) is 0 Å². The van der Waals surface area contributed by atoms with Gasteiger partial charge in [-0.15, -0.1) is 0 Å². The summed E-state index contributed by atoms with van der Waals surface area (Å²) in [5, 5.41) is 12.0. The van der Waals surface area contributed by atoms with Crippen molar-refractivity contribution in [3.8, 4) is 0 Å². The van der Waals surface area contributed by atoms with Crippen molar-refractivity contribution in [2.24, 2.45) is 0 Å². The molecule has 2 N–H and O–H groups in total. The van der Waals surface area contributed by atoms with E-state index >= 15 is 0 Å². The molecule has 0 saturated heterocycles. The summed E-state index contributed by atoms with van der Waals surface area (Å²) in [5.74, 6) is -0.400. The van der Waals surface area contributed by atoms with Crippen molar-refractivity contribution < 1.29 is 9.90 Å². The van der Waals surface area contributed by atoms with Crippen molar-refractivity contribution in [3.63, 3.8) is 0 Å². The van der Waals surface area contributed by atoms with Crippen molar-refractivity contribution in [2.75, 3.05) is 5.32 Å². The Morgan fingerprint density at radius 3 is 2.57 bits per heavy atom. The molecule has 14 heavy (non-hydrogen) atoms. The molecule has 0 bridgehead atoms. The Kier molecular flexibility index (Phi) is 2.91. The lowest BCUT2D eigenvalue weighted by Gasteiger charge is -2.16. The van der Waals surface area contributed by atoms with E-state index < -0.39 is 11.5 Å². The van der Waals surface area contributed by atoms with E-state index in [9.17, 15) is 9.90 Å². The molecule has 0 heterocycles. The molecule has 0 aromatic heterocycles. The van der Waals surface area contributed by atoms with Gasteiger partial charge in [0.25, 0.3) is 5.91 Å². The number of aliphatic hydroxyl groups is 1. The van der Waals surface area contributed by atoms with Gasteiger partial charge in [0.05, 0.1) is 0 Å². The molecular weight excluding hydrogens is 178 g/mol. The third-order valence-electron chi connectivity index (χ3n) is 1.83. The second-order valence-corrected chi connectivity index (χ2v) is 3.88. The van der Waals surface area contributed by atoms with Crippen LogP contribution in [0.15, 0.2) is 24.3 Å². The van der Waals surface area contributed by atoms with Crippen LogP contribution in [-0.2, 0) is 4.79 Å². The van der Waals surface area contributed by atoms with E-state index in [2.05, 4.69) is 5.32 Å². The molecular formula is C11H15NO2. The first kappa shape index (κ1) is 10.7. The lowest BCUT2D eigenvalue weighted by Crippen LogP contribution is -2.36. The number of aryl methyl sites for hydroxylation is 1. The standard InChI is InChI=1S/C11H15NO2/c1-8-5-4-6-9(7-8)12-10(13)11(2,3)14/h4-7,14H,1-3H3,(H,12,13). The Morgan fingerprint density at radius 2 is 2.07 bits per heavy atom. The summed E-state index contributed by atoms with van der Waals surface area (Å²) in [4.78, 5) is 11.4. The average molecular weight is 193 g/mol. The van der Waals surface area contributed by atoms with Crippen molar-refractivity contribution in [3.05, 3.63) is 29.8 Å². The quantitative estimate of drug-likeness (QED) is 0.751. The number of carbonyl (C=O) groups is 1. The summed E-state index contributed by atoms with van der Waals surface area (Å²) in [7, 11) is 0. The van der Waals surface area contributed by atoms with Gasteiger partial charge in [-0.3, -0.25) is 4.79 Å². The predicted octanol–water partition coefficient (Wildman–Crippen LogP) is 1.70. The summed E-state index contributed by atoms with van der Waals surface area (Å²) in [6, 6.07) is 7.44. The fourth-order valence-electron chi connectivity index (χ4n) is 1.01. The van der Waals surface area contributed by atoms with Crippen LogP contribution < -0.4 is 5.32 Å². The largest absolute Gasteiger partial charge is 0.381 e. The maximum absolute atomic E-state index is 11.4. The minimum atomic E-state index is -1.34. The number of carbonyl (C=O) groups excluding carboxylic acids is 1. The summed E-state index contributed by atoms with van der Waals surface area (Å²) in [5.41, 5.74) is 0.430. The number of anilines is 1. The normalized spacial score (nSPS) is 11.1. The van der Waals surface area contributed by atoms with Crippen LogP contribution in [-0.4, -0.2) is 16.6 Å². The fourth-order valence-corrected chi connectivity index (χ4v) is 1.01. The SMILES string of the molecule is Cc1cccc(NC(=O)C(C)(C)O)c1. The molecule has 0 aliphatic heterocycles. The summed E-state index contributed by atoms with van der Waals surface area (Å²) in [6.45, 7) is 4.86. The number of hydrogen-bond acceptors (Lipinski definition) is 2. The first-order valence-corrected chi connectivity index (χ1v) is 4.50. The van der Waals surface area contributed by atoms with Gasteiger partial charge in [-0.05, 0) is 38.5 Å². The van der Waals surface area contributed by atoms with Crippen molar-refractivity contribution in [2.45, 2.75) is 26.4 Å². The number of amides is 1. The van der Waals surface area contributed by atoms with Crippen molar-refractivity contribution in [1.82, 2.24) is 0 Å². The minimum absolute atomic E-state index is 0.400. The second-order valence-electron chi connectivity index (χ2n) is 3.88. The number of rotatable bonds is 2. The second kappa shape index (κ2) is 3.80. The highest BCUT2D eigenvalue weighted by molar-refractivity contribution is 5.96. The van der Waals surface area contributed by atoms with Gasteiger partial charge in [0, 0.05) is 5.69 Å². The van der Waals surface area contributed by atoms with E-state index in [4.69, 9.17) is 0 Å². The third kappa shape index (κ3) is 2.85. The van der Waals surface area contributed by atoms with Gasteiger partial charge in [0.2, 0.25) is 0 Å². The van der Waals surface area contributed by atoms with Gasteiger partial charge in [-0.2, -0.15) is 0 Å². The highest BCUT2D eigenvalue weighted by Gasteiger charge is 2.23. The lowest BCUT2D eigenvalue weighted by molar-refractivity contribution is -0.130. The smallest absolute Gasteiger partial charge is 0.255 e. The lowest BCUT2D eigenvalue weighted by atomic mass is 10.1. The number of benzene rings is 1. The molecule has 1 amide bonds. The highest BCUT2D eigenvalue weighted by atomic mass is 16.3. The monoisotopic (exact) mass is 193 g/mol. The van der Waals surface area contributed by atoms with Gasteiger partial charge < -0.3 is 10.4 Å². The molecule has 3 heteroatoms. The van der Waals surface area contributed by atoms with Crippen LogP contribution >= 0.6 is 0 Å². The molecule has 0 radical (unpaired) electrons. The Hall–Kier alpha value is -1.35. The van der Waals surface area contributed by atoms with E-state index in [1.165, 1.54) is 13.8 Å². The molecule has 1 aromatic rings. The zero-order valence-electron chi connectivity index (χ0n) is 8.66. The fraction of sp³-hybridized carbons (Fsp3) is 0.364. The molecule has 0 spiro atoms. The Bertz CT molecular complexity index is 339. The maximum Gasteiger partial charge on any atom is 0.255 e. The maximum atomic E-state index is 11.4. The molecule has 0 saturated carbocycles. The summed E-state index contributed by atoms with van der Waals surface area (Å²) >= 11 is 0. The first-order valence-electron chi connectivity index (χ1n) is 4.50. The molecule has 76 valence electrons. The Morgan fingerprint density at radius 1 is 1.43 bits per heavy atom. The van der Waals surface area contributed by atoms with E-state index in [1.807, 2.05) is 25.1 Å². The van der Waals surface area contributed by atoms with Crippen molar-refractivity contribution in [1.29, 1.82) is 0 Å². The predicted molar refractivity (Wildman–Crippen MR) is 56.1 cm³/mol. The van der Waals surface area contributed by atoms with E-state index in [0.717, 1.165) is 5.56 Å². The topological polar surface area (TPSA) is 49.3 Å². The molecule has 0 unspecified atom stereocenters. The van der Waals surface area contributed by atoms with Crippen LogP contribution in [0.3, 0.4) is 0 Å². The van der Waals surface area contributed by atoms with E-state index in [1.54, 1.807) is 6.07 Å². The van der Waals surface area contributed by atoms with Crippen LogP contribution in [0.5, 0.6) is 0 Å². The van der Waals surface area contributed by atoms with Crippen molar-refractivity contribution >= 4 is 11.6 Å². The van der Waals surface area contributed by atoms with Gasteiger partial charge in [-0.1, -0.05) is 12.1 Å². The Balaban J connectivity index is 2.75. The molecule has 0 atom stereocenters. The van der Waals surface area contributed by atoms with Crippen LogP contribution in [0.1, 0.15) is 19.4 Å². The summed E-state index contributed by atoms with van der Waals surface area (Å²) < 4.78 is 0. The first-order chi connectivity index (χ1) is 6.39. The third-order valence-corrected chi connectivity index (χ3v) is 1.83. The van der Waals surface area contributed by atoms with E-state index in [-0.39, 0.29) is 0 Å². The number of nitrogens with one attached hydrogen (secondary N) is 1. The zero-order chi connectivity index (χ0) is 10.8. The molecule has 3 nitrogen and oxygen atoms in total. The van der Waals surface area contributed by atoms with Crippen LogP contribution in [0, 0.1) is 6.92 Å². The van der Waals surface area contributed by atoms with Crippen LogP contribution in [0.4, 0.5) is 5.69 Å². The molecule has 0 fully saturated rings.